The summed E-state index contributed by atoms with van der Waals surface area (Å²) < 4.78 is 0. The molecule has 1 atom stereocenters. The summed E-state index contributed by atoms with van der Waals surface area (Å²) in [5.41, 5.74) is 0.627. The normalized spacial score (nSPS) is 11.8. The van der Waals surface area contributed by atoms with Crippen molar-refractivity contribution in [3.63, 3.8) is 0 Å². The first-order chi connectivity index (χ1) is 7.09. The molecule has 0 bridgehead atoms. The molecule has 15 heavy (non-hydrogen) atoms. The molecule has 0 aromatic carbocycles. The van der Waals surface area contributed by atoms with Crippen molar-refractivity contribution in [2.45, 2.75) is 6.10 Å². The number of hydrogen-bond donors (Lipinski definition) is 4. The largest absolute Gasteiger partial charge is 0.479 e. The molecule has 0 spiro atoms. The van der Waals surface area contributed by atoms with Crippen molar-refractivity contribution >= 4 is 29.0 Å². The third-order valence-corrected chi connectivity index (χ3v) is 2.20. The lowest BCUT2D eigenvalue weighted by atomic mass is 10.4. The number of carbonyl (C=O) groups excluding carboxylic acids is 1. The zero-order valence-corrected chi connectivity index (χ0v) is 8.45. The Hall–Kier alpha value is -1.60. The molecule has 0 aliphatic rings. The van der Waals surface area contributed by atoms with Crippen LogP contribution in [0.1, 0.15) is 0 Å². The lowest BCUT2D eigenvalue weighted by Gasteiger charge is -2.07. The second-order valence-corrected chi connectivity index (χ2v) is 3.48. The lowest BCUT2D eigenvalue weighted by molar-refractivity contribution is -0.146. The van der Waals surface area contributed by atoms with Crippen LogP contribution in [0.3, 0.4) is 0 Å². The molecule has 7 heteroatoms. The van der Waals surface area contributed by atoms with E-state index in [2.05, 4.69) is 10.6 Å². The smallest absolute Gasteiger partial charge is 0.334 e. The van der Waals surface area contributed by atoms with Gasteiger partial charge in [0.1, 0.15) is 0 Å². The zero-order chi connectivity index (χ0) is 11.3. The van der Waals surface area contributed by atoms with Gasteiger partial charge in [-0.25, -0.2) is 9.59 Å². The molecule has 0 saturated heterocycles. The SMILES string of the molecule is O=C(NCC(O)C(=O)O)Nc1ccsc1. The van der Waals surface area contributed by atoms with E-state index in [-0.39, 0.29) is 6.54 Å². The maximum Gasteiger partial charge on any atom is 0.334 e. The van der Waals surface area contributed by atoms with E-state index in [0.717, 1.165) is 0 Å². The van der Waals surface area contributed by atoms with E-state index in [1.54, 1.807) is 16.8 Å². The molecule has 1 unspecified atom stereocenters. The Morgan fingerprint density at radius 2 is 2.27 bits per heavy atom. The maximum atomic E-state index is 11.1. The molecule has 1 aromatic heterocycles. The van der Waals surface area contributed by atoms with Crippen LogP contribution in [0.2, 0.25) is 0 Å². The summed E-state index contributed by atoms with van der Waals surface area (Å²) in [6.45, 7) is -0.328. The number of aliphatic carboxylic acids is 1. The van der Waals surface area contributed by atoms with Crippen molar-refractivity contribution in [1.29, 1.82) is 0 Å². The molecule has 4 N–H and O–H groups in total. The molecule has 0 aliphatic heterocycles. The van der Waals surface area contributed by atoms with Gasteiger partial charge >= 0.3 is 12.0 Å². The van der Waals surface area contributed by atoms with Crippen molar-refractivity contribution in [2.75, 3.05) is 11.9 Å². The van der Waals surface area contributed by atoms with Crippen molar-refractivity contribution in [3.05, 3.63) is 16.8 Å². The third-order valence-electron chi connectivity index (χ3n) is 1.52. The van der Waals surface area contributed by atoms with Crippen LogP contribution in [0.25, 0.3) is 0 Å². The molecule has 0 fully saturated rings. The van der Waals surface area contributed by atoms with E-state index >= 15 is 0 Å². The number of nitrogens with one attached hydrogen (secondary N) is 2. The highest BCUT2D eigenvalue weighted by atomic mass is 32.1. The first-order valence-electron chi connectivity index (χ1n) is 4.07. The Kier molecular flexibility index (Phi) is 4.07. The van der Waals surface area contributed by atoms with Crippen LogP contribution in [0.4, 0.5) is 10.5 Å². The van der Waals surface area contributed by atoms with Crippen LogP contribution in [-0.2, 0) is 4.79 Å². The number of thiophene rings is 1. The van der Waals surface area contributed by atoms with Gasteiger partial charge in [0.05, 0.1) is 12.2 Å². The Morgan fingerprint density at radius 3 is 2.80 bits per heavy atom. The molecule has 82 valence electrons. The Bertz CT molecular complexity index is 338. The van der Waals surface area contributed by atoms with Crippen LogP contribution in [0.15, 0.2) is 16.8 Å². The summed E-state index contributed by atoms with van der Waals surface area (Å²) in [6.07, 6.45) is -1.58. The fraction of sp³-hybridized carbons (Fsp3) is 0.250. The van der Waals surface area contributed by atoms with Gasteiger partial charge in [-0.15, -0.1) is 0 Å². The number of urea groups is 1. The van der Waals surface area contributed by atoms with Crippen LogP contribution in [-0.4, -0.2) is 34.9 Å². The van der Waals surface area contributed by atoms with Crippen molar-refractivity contribution in [1.82, 2.24) is 5.32 Å². The van der Waals surface area contributed by atoms with Gasteiger partial charge in [0.15, 0.2) is 6.10 Å². The third kappa shape index (κ3) is 3.96. The number of carbonyl (C=O) groups is 2. The molecule has 0 saturated carbocycles. The first-order valence-corrected chi connectivity index (χ1v) is 5.02. The fourth-order valence-electron chi connectivity index (χ4n) is 0.788. The Balaban J connectivity index is 2.28. The number of rotatable bonds is 4. The second-order valence-electron chi connectivity index (χ2n) is 2.70. The van der Waals surface area contributed by atoms with Crippen molar-refractivity contribution < 1.29 is 19.8 Å². The van der Waals surface area contributed by atoms with Crippen LogP contribution < -0.4 is 10.6 Å². The lowest BCUT2D eigenvalue weighted by Crippen LogP contribution is -2.38. The van der Waals surface area contributed by atoms with Gasteiger partial charge < -0.3 is 20.8 Å². The highest BCUT2D eigenvalue weighted by Gasteiger charge is 2.13. The predicted molar refractivity (Wildman–Crippen MR) is 55.0 cm³/mol. The number of carboxylic acids is 1. The van der Waals surface area contributed by atoms with E-state index in [1.165, 1.54) is 11.3 Å². The minimum atomic E-state index is -1.58. The Morgan fingerprint density at radius 1 is 1.53 bits per heavy atom. The number of anilines is 1. The molecular weight excluding hydrogens is 220 g/mol. The monoisotopic (exact) mass is 230 g/mol. The molecule has 6 nitrogen and oxygen atoms in total. The molecule has 1 heterocycles. The number of amides is 2. The molecule has 1 aromatic rings. The van der Waals surface area contributed by atoms with Gasteiger partial charge in [0.25, 0.3) is 0 Å². The van der Waals surface area contributed by atoms with Gasteiger partial charge in [-0.1, -0.05) is 0 Å². The highest BCUT2D eigenvalue weighted by Crippen LogP contribution is 2.10. The number of aliphatic hydroxyl groups is 1. The highest BCUT2D eigenvalue weighted by molar-refractivity contribution is 7.08. The van der Waals surface area contributed by atoms with Gasteiger partial charge in [0, 0.05) is 5.38 Å². The van der Waals surface area contributed by atoms with Crippen LogP contribution in [0, 0.1) is 0 Å². The summed E-state index contributed by atoms with van der Waals surface area (Å²) >= 11 is 1.42. The minimum Gasteiger partial charge on any atom is -0.479 e. The molecule has 2 amide bonds. The maximum absolute atomic E-state index is 11.1. The summed E-state index contributed by atoms with van der Waals surface area (Å²) in [4.78, 5) is 21.3. The van der Waals surface area contributed by atoms with Crippen LogP contribution >= 0.6 is 11.3 Å². The summed E-state index contributed by atoms with van der Waals surface area (Å²) in [5, 5.41) is 25.4. The van der Waals surface area contributed by atoms with E-state index in [0.29, 0.717) is 5.69 Å². The summed E-state index contributed by atoms with van der Waals surface area (Å²) in [7, 11) is 0. The second kappa shape index (κ2) is 5.32. The first kappa shape index (κ1) is 11.5. The topological polar surface area (TPSA) is 98.7 Å². The number of hydrogen-bond acceptors (Lipinski definition) is 4. The van der Waals surface area contributed by atoms with Gasteiger partial charge in [0.2, 0.25) is 0 Å². The molecule has 1 rings (SSSR count). The van der Waals surface area contributed by atoms with E-state index < -0.39 is 18.1 Å². The van der Waals surface area contributed by atoms with E-state index in [1.807, 2.05) is 0 Å². The fourth-order valence-corrected chi connectivity index (χ4v) is 1.38. The van der Waals surface area contributed by atoms with Gasteiger partial charge in [-0.2, -0.15) is 11.3 Å². The molecular formula is C8H10N2O4S. The standard InChI is InChI=1S/C8H10N2O4S/c11-6(7(12)13)3-9-8(14)10-5-1-2-15-4-5/h1-2,4,6,11H,3H2,(H,12,13)(H2,9,10,14). The molecule has 0 radical (unpaired) electrons. The number of aliphatic hydroxyl groups excluding tert-OH is 1. The summed E-state index contributed by atoms with van der Waals surface area (Å²) in [6, 6.07) is 1.16. The van der Waals surface area contributed by atoms with Gasteiger partial charge in [-0.05, 0) is 11.4 Å². The molecule has 0 aliphatic carbocycles. The number of carboxylic acid groups (broad SMARTS) is 1. The average Bonchev–Trinajstić information content (AvgIpc) is 2.66. The van der Waals surface area contributed by atoms with E-state index in [4.69, 9.17) is 10.2 Å². The predicted octanol–water partition coefficient (Wildman–Crippen LogP) is 0.315. The minimum absolute atomic E-state index is 0.328. The quantitative estimate of drug-likeness (QED) is 0.598. The zero-order valence-electron chi connectivity index (χ0n) is 7.64. The van der Waals surface area contributed by atoms with Crippen molar-refractivity contribution in [3.8, 4) is 0 Å². The van der Waals surface area contributed by atoms with Crippen LogP contribution in [0.5, 0.6) is 0 Å². The summed E-state index contributed by atoms with van der Waals surface area (Å²) in [5.74, 6) is -1.37. The Labute approximate surface area is 89.5 Å². The van der Waals surface area contributed by atoms with Crippen molar-refractivity contribution in [2.24, 2.45) is 0 Å². The van der Waals surface area contributed by atoms with Gasteiger partial charge in [-0.3, -0.25) is 0 Å². The van der Waals surface area contributed by atoms with E-state index in [9.17, 15) is 9.59 Å². The average molecular weight is 230 g/mol.